The summed E-state index contributed by atoms with van der Waals surface area (Å²) >= 11 is 4.79. The van der Waals surface area contributed by atoms with Crippen molar-refractivity contribution < 1.29 is 8.42 Å². The van der Waals surface area contributed by atoms with Crippen molar-refractivity contribution in [2.75, 3.05) is 4.72 Å². The first kappa shape index (κ1) is 13.3. The molecule has 1 aromatic carbocycles. The van der Waals surface area contributed by atoms with E-state index in [1.54, 1.807) is 0 Å². The number of sulfonamides is 1. The third-order valence-electron chi connectivity index (χ3n) is 2.16. The van der Waals surface area contributed by atoms with E-state index in [2.05, 4.69) is 19.9 Å². The molecule has 0 saturated heterocycles. The Hall–Kier alpha value is -2.13. The van der Waals surface area contributed by atoms with Crippen LogP contribution >= 0.6 is 12.2 Å². The Bertz CT molecular complexity index is 686. The maximum Gasteiger partial charge on any atom is 0.264 e. The lowest BCUT2D eigenvalue weighted by molar-refractivity contribution is 0.600. The van der Waals surface area contributed by atoms with Crippen molar-refractivity contribution in [1.82, 2.24) is 15.2 Å². The smallest absolute Gasteiger partial charge is 0.264 e. The Kier molecular flexibility index (Phi) is 3.67. The van der Waals surface area contributed by atoms with Gasteiger partial charge in [-0.25, -0.2) is 18.1 Å². The number of rotatable bonds is 4. The summed E-state index contributed by atoms with van der Waals surface area (Å²) in [5.74, 6) is -0.0964. The summed E-state index contributed by atoms with van der Waals surface area (Å²) in [6, 6.07) is 5.85. The Morgan fingerprint density at radius 3 is 2.42 bits per heavy atom. The number of nitrogens with zero attached hydrogens (tertiary/aromatic N) is 3. The van der Waals surface area contributed by atoms with Crippen LogP contribution in [0.5, 0.6) is 0 Å². The lowest BCUT2D eigenvalue weighted by Gasteiger charge is -2.06. The maximum absolute atomic E-state index is 12.0. The van der Waals surface area contributed by atoms with Crippen LogP contribution < -0.4 is 10.5 Å². The van der Waals surface area contributed by atoms with Gasteiger partial charge in [0, 0.05) is 5.56 Å². The van der Waals surface area contributed by atoms with E-state index in [0.717, 1.165) is 0 Å². The van der Waals surface area contributed by atoms with Crippen LogP contribution in [0.1, 0.15) is 5.56 Å². The first-order chi connectivity index (χ1) is 8.99. The first-order valence-corrected chi connectivity index (χ1v) is 6.94. The van der Waals surface area contributed by atoms with E-state index in [0.29, 0.717) is 5.56 Å². The second-order valence-electron chi connectivity index (χ2n) is 3.46. The minimum absolute atomic E-state index is 0.0555. The molecule has 3 N–H and O–H groups in total. The zero-order valence-corrected chi connectivity index (χ0v) is 11.1. The minimum Gasteiger partial charge on any atom is -0.389 e. The highest BCUT2D eigenvalue weighted by molar-refractivity contribution is 7.92. The van der Waals surface area contributed by atoms with Gasteiger partial charge >= 0.3 is 0 Å². The SMILES string of the molecule is NC(=S)c1ccc(S(=O)(=O)Nc2nccnn2)cc1. The van der Waals surface area contributed by atoms with Gasteiger partial charge in [-0.05, 0) is 12.1 Å². The largest absolute Gasteiger partial charge is 0.389 e. The number of aromatic nitrogens is 3. The molecule has 0 saturated carbocycles. The third kappa shape index (κ3) is 3.20. The Morgan fingerprint density at radius 1 is 1.21 bits per heavy atom. The number of benzene rings is 1. The minimum atomic E-state index is -3.75. The van der Waals surface area contributed by atoms with Crippen molar-refractivity contribution >= 4 is 33.2 Å². The van der Waals surface area contributed by atoms with Crippen molar-refractivity contribution in [3.8, 4) is 0 Å². The molecule has 9 heteroatoms. The van der Waals surface area contributed by atoms with Crippen LogP contribution in [0.4, 0.5) is 5.95 Å². The van der Waals surface area contributed by atoms with Crippen molar-refractivity contribution in [2.45, 2.75) is 4.90 Å². The number of nitrogens with one attached hydrogen (secondary N) is 1. The Morgan fingerprint density at radius 2 is 1.89 bits per heavy atom. The molecule has 0 atom stereocenters. The van der Waals surface area contributed by atoms with Gasteiger partial charge in [0.15, 0.2) is 0 Å². The Balaban J connectivity index is 2.27. The summed E-state index contributed by atoms with van der Waals surface area (Å²) in [7, 11) is -3.75. The zero-order chi connectivity index (χ0) is 13.9. The Labute approximate surface area is 114 Å². The molecule has 0 unspecified atom stereocenters. The normalized spacial score (nSPS) is 10.9. The van der Waals surface area contributed by atoms with Crippen LogP contribution in [0.25, 0.3) is 0 Å². The number of hydrogen-bond donors (Lipinski definition) is 2. The number of hydrogen-bond acceptors (Lipinski definition) is 6. The quantitative estimate of drug-likeness (QED) is 0.781. The van der Waals surface area contributed by atoms with Crippen LogP contribution in [-0.4, -0.2) is 28.6 Å². The molecule has 0 aliphatic rings. The molecular formula is C10H9N5O2S2. The van der Waals surface area contributed by atoms with E-state index in [1.165, 1.54) is 36.7 Å². The van der Waals surface area contributed by atoms with E-state index >= 15 is 0 Å². The van der Waals surface area contributed by atoms with Crippen molar-refractivity contribution in [1.29, 1.82) is 0 Å². The van der Waals surface area contributed by atoms with E-state index in [4.69, 9.17) is 18.0 Å². The molecule has 0 bridgehead atoms. The lowest BCUT2D eigenvalue weighted by atomic mass is 10.2. The van der Waals surface area contributed by atoms with Gasteiger partial charge in [0.25, 0.3) is 16.0 Å². The van der Waals surface area contributed by atoms with Crippen molar-refractivity contribution in [3.63, 3.8) is 0 Å². The zero-order valence-electron chi connectivity index (χ0n) is 9.52. The molecule has 0 spiro atoms. The summed E-state index contributed by atoms with van der Waals surface area (Å²) < 4.78 is 26.2. The molecule has 2 rings (SSSR count). The predicted octanol–water partition coefficient (Wildman–Crippen LogP) is 0.307. The molecular weight excluding hydrogens is 286 g/mol. The fourth-order valence-electron chi connectivity index (χ4n) is 1.27. The van der Waals surface area contributed by atoms with Gasteiger partial charge in [0.1, 0.15) is 4.99 Å². The summed E-state index contributed by atoms with van der Waals surface area (Å²) in [6.45, 7) is 0. The van der Waals surface area contributed by atoms with Gasteiger partial charge in [0.05, 0.1) is 17.3 Å². The standard InChI is InChI=1S/C10H9N5O2S2/c11-9(18)7-1-3-8(4-2-7)19(16,17)15-10-12-5-6-13-14-10/h1-6H,(H2,11,18)(H,12,14,15). The van der Waals surface area contributed by atoms with E-state index < -0.39 is 10.0 Å². The molecule has 98 valence electrons. The van der Waals surface area contributed by atoms with Gasteiger partial charge in [-0.2, -0.15) is 5.10 Å². The van der Waals surface area contributed by atoms with Gasteiger partial charge in [-0.15, -0.1) is 5.10 Å². The summed E-state index contributed by atoms with van der Waals surface area (Å²) in [5.41, 5.74) is 6.02. The molecule has 0 amide bonds. The monoisotopic (exact) mass is 295 g/mol. The third-order valence-corrected chi connectivity index (χ3v) is 3.74. The van der Waals surface area contributed by atoms with E-state index in [1.807, 2.05) is 0 Å². The molecule has 1 heterocycles. The number of anilines is 1. The predicted molar refractivity (Wildman–Crippen MR) is 73.0 cm³/mol. The maximum atomic E-state index is 12.0. The van der Waals surface area contributed by atoms with Crippen molar-refractivity contribution in [3.05, 3.63) is 42.2 Å². The molecule has 19 heavy (non-hydrogen) atoms. The van der Waals surface area contributed by atoms with E-state index in [9.17, 15) is 8.42 Å². The molecule has 1 aromatic heterocycles. The summed E-state index contributed by atoms with van der Waals surface area (Å²) in [6.07, 6.45) is 2.68. The number of thiocarbonyl (C=S) groups is 1. The highest BCUT2D eigenvalue weighted by Gasteiger charge is 2.15. The van der Waals surface area contributed by atoms with Crippen LogP contribution in [0.2, 0.25) is 0 Å². The van der Waals surface area contributed by atoms with Gasteiger partial charge < -0.3 is 5.73 Å². The van der Waals surface area contributed by atoms with Crippen LogP contribution in [0.15, 0.2) is 41.6 Å². The molecule has 0 aliphatic carbocycles. The molecule has 0 aliphatic heterocycles. The van der Waals surface area contributed by atoms with Crippen molar-refractivity contribution in [2.24, 2.45) is 5.73 Å². The molecule has 0 fully saturated rings. The summed E-state index contributed by atoms with van der Waals surface area (Å²) in [4.78, 5) is 3.99. The fraction of sp³-hybridized carbons (Fsp3) is 0. The second-order valence-corrected chi connectivity index (χ2v) is 5.58. The van der Waals surface area contributed by atoms with Crippen LogP contribution in [-0.2, 0) is 10.0 Å². The summed E-state index contributed by atoms with van der Waals surface area (Å²) in [5, 5.41) is 7.07. The molecule has 2 aromatic rings. The number of nitrogens with two attached hydrogens (primary N) is 1. The van der Waals surface area contributed by atoms with Gasteiger partial charge in [-0.3, -0.25) is 0 Å². The first-order valence-electron chi connectivity index (χ1n) is 5.05. The highest BCUT2D eigenvalue weighted by Crippen LogP contribution is 2.13. The fourth-order valence-corrected chi connectivity index (χ4v) is 2.35. The highest BCUT2D eigenvalue weighted by atomic mass is 32.2. The average Bonchev–Trinajstić information content (AvgIpc) is 2.39. The molecule has 7 nitrogen and oxygen atoms in total. The van der Waals surface area contributed by atoms with Crippen LogP contribution in [0.3, 0.4) is 0 Å². The van der Waals surface area contributed by atoms with Gasteiger partial charge in [-0.1, -0.05) is 24.4 Å². The van der Waals surface area contributed by atoms with E-state index in [-0.39, 0.29) is 15.8 Å². The van der Waals surface area contributed by atoms with Crippen LogP contribution in [0, 0.1) is 0 Å². The lowest BCUT2D eigenvalue weighted by Crippen LogP contribution is -2.16. The topological polar surface area (TPSA) is 111 Å². The van der Waals surface area contributed by atoms with Gasteiger partial charge in [0.2, 0.25) is 0 Å². The average molecular weight is 295 g/mol. The second kappa shape index (κ2) is 5.24. The molecule has 0 radical (unpaired) electrons.